The fraction of sp³-hybridized carbons (Fsp3) is 0.846. The maximum atomic E-state index is 10.7. The van der Waals surface area contributed by atoms with Gasteiger partial charge < -0.3 is 10.1 Å². The van der Waals surface area contributed by atoms with Crippen molar-refractivity contribution in [2.24, 2.45) is 0 Å². The molecular formula is C13H25NO3. The molecule has 100 valence electrons. The highest BCUT2D eigenvalue weighted by atomic mass is 16.5. The Labute approximate surface area is 104 Å². The first kappa shape index (κ1) is 16.1. The molecule has 1 N–H and O–H groups in total. The van der Waals surface area contributed by atoms with Crippen LogP contribution in [0.2, 0.25) is 0 Å². The molecule has 1 heterocycles. The van der Waals surface area contributed by atoms with Crippen LogP contribution >= 0.6 is 0 Å². The maximum Gasteiger partial charge on any atom is 0.293 e. The number of hydrogen-bond donors (Lipinski definition) is 1. The molecular weight excluding hydrogens is 218 g/mol. The molecule has 0 bridgehead atoms. The molecule has 17 heavy (non-hydrogen) atoms. The molecule has 4 nitrogen and oxygen atoms in total. The summed E-state index contributed by atoms with van der Waals surface area (Å²) in [7, 11) is 0. The number of piperidine rings is 1. The summed E-state index contributed by atoms with van der Waals surface area (Å²) < 4.78 is 4.55. The molecule has 0 amide bonds. The molecule has 0 aromatic carbocycles. The highest BCUT2D eigenvalue weighted by Gasteiger charge is 2.13. The zero-order chi connectivity index (χ0) is 13.3. The Morgan fingerprint density at radius 2 is 2.06 bits per heavy atom. The molecule has 1 saturated heterocycles. The van der Waals surface area contributed by atoms with Crippen molar-refractivity contribution in [3.63, 3.8) is 0 Å². The first-order valence-corrected chi connectivity index (χ1v) is 6.19. The topological polar surface area (TPSA) is 55.4 Å². The minimum Gasteiger partial charge on any atom is -0.462 e. The Balaban J connectivity index is 0.000000325. The van der Waals surface area contributed by atoms with Crippen LogP contribution in [0.4, 0.5) is 0 Å². The van der Waals surface area contributed by atoms with Crippen molar-refractivity contribution in [3.05, 3.63) is 0 Å². The standard InChI is InChI=1S/C8H15NO.C5H10O2/c1-7(10)6-8-4-2-3-5-9-8;1-5(2,3)7-4-6/h8-9H,2-6H2,1H3;4H,1-3H3. The number of ketones is 1. The number of hydrogen-bond acceptors (Lipinski definition) is 4. The minimum absolute atomic E-state index is 0.305. The summed E-state index contributed by atoms with van der Waals surface area (Å²) in [6, 6.07) is 0.478. The third-order valence-electron chi connectivity index (χ3n) is 2.35. The molecule has 0 radical (unpaired) electrons. The number of carbonyl (C=O) groups is 2. The lowest BCUT2D eigenvalue weighted by atomic mass is 10.0. The van der Waals surface area contributed by atoms with E-state index in [0.29, 0.717) is 18.3 Å². The lowest BCUT2D eigenvalue weighted by Crippen LogP contribution is -2.35. The van der Waals surface area contributed by atoms with Gasteiger partial charge in [0.15, 0.2) is 0 Å². The van der Waals surface area contributed by atoms with Crippen molar-refractivity contribution in [2.75, 3.05) is 6.54 Å². The second-order valence-corrected chi connectivity index (χ2v) is 5.38. The van der Waals surface area contributed by atoms with E-state index in [1.165, 1.54) is 19.3 Å². The van der Waals surface area contributed by atoms with Gasteiger partial charge in [0.2, 0.25) is 0 Å². The zero-order valence-electron chi connectivity index (χ0n) is 11.4. The molecule has 0 aliphatic carbocycles. The maximum absolute atomic E-state index is 10.7. The Morgan fingerprint density at radius 3 is 2.35 bits per heavy atom. The predicted octanol–water partition coefficient (Wildman–Crippen LogP) is 2.07. The Bertz CT molecular complexity index is 227. The molecule has 1 atom stereocenters. The van der Waals surface area contributed by atoms with Crippen LogP contribution in [0.25, 0.3) is 0 Å². The van der Waals surface area contributed by atoms with Gasteiger partial charge in [-0.1, -0.05) is 6.42 Å². The molecule has 4 heteroatoms. The van der Waals surface area contributed by atoms with Crippen molar-refractivity contribution >= 4 is 12.3 Å². The van der Waals surface area contributed by atoms with Gasteiger partial charge in [-0.3, -0.25) is 9.59 Å². The van der Waals surface area contributed by atoms with Crippen LogP contribution in [-0.2, 0) is 14.3 Å². The fourth-order valence-electron chi connectivity index (χ4n) is 1.59. The van der Waals surface area contributed by atoms with E-state index in [-0.39, 0.29) is 5.60 Å². The van der Waals surface area contributed by atoms with Gasteiger partial charge >= 0.3 is 0 Å². The van der Waals surface area contributed by atoms with E-state index in [2.05, 4.69) is 10.1 Å². The summed E-state index contributed by atoms with van der Waals surface area (Å²) >= 11 is 0. The Morgan fingerprint density at radius 1 is 1.41 bits per heavy atom. The van der Waals surface area contributed by atoms with Gasteiger partial charge in [0, 0.05) is 12.5 Å². The molecule has 0 aromatic heterocycles. The van der Waals surface area contributed by atoms with Gasteiger partial charge in [0.1, 0.15) is 11.4 Å². The van der Waals surface area contributed by atoms with Gasteiger partial charge in [0.25, 0.3) is 6.47 Å². The largest absolute Gasteiger partial charge is 0.462 e. The van der Waals surface area contributed by atoms with E-state index in [4.69, 9.17) is 0 Å². The summed E-state index contributed by atoms with van der Waals surface area (Å²) in [6.45, 7) is 8.68. The van der Waals surface area contributed by atoms with Crippen LogP contribution in [0.15, 0.2) is 0 Å². The molecule has 1 fully saturated rings. The van der Waals surface area contributed by atoms with Crippen molar-refractivity contribution in [3.8, 4) is 0 Å². The number of nitrogens with one attached hydrogen (secondary N) is 1. The summed E-state index contributed by atoms with van der Waals surface area (Å²) in [5.74, 6) is 0.305. The lowest BCUT2D eigenvalue weighted by molar-refractivity contribution is -0.138. The van der Waals surface area contributed by atoms with Crippen molar-refractivity contribution in [1.29, 1.82) is 0 Å². The first-order valence-electron chi connectivity index (χ1n) is 6.19. The third-order valence-corrected chi connectivity index (χ3v) is 2.35. The number of Topliss-reactive ketones (excluding diaryl/α,β-unsaturated/α-hetero) is 1. The predicted molar refractivity (Wildman–Crippen MR) is 67.8 cm³/mol. The summed E-state index contributed by atoms with van der Waals surface area (Å²) in [5, 5.41) is 3.33. The van der Waals surface area contributed by atoms with E-state index in [9.17, 15) is 9.59 Å². The smallest absolute Gasteiger partial charge is 0.293 e. The van der Waals surface area contributed by atoms with Crippen LogP contribution < -0.4 is 5.32 Å². The SMILES string of the molecule is CC(=O)CC1CCCCN1.CC(C)(C)OC=O. The molecule has 0 saturated carbocycles. The molecule has 1 aliphatic rings. The van der Waals surface area contributed by atoms with Gasteiger partial charge in [-0.15, -0.1) is 0 Å². The van der Waals surface area contributed by atoms with Crippen molar-refractivity contribution < 1.29 is 14.3 Å². The number of ether oxygens (including phenoxy) is 1. The second-order valence-electron chi connectivity index (χ2n) is 5.38. The summed E-state index contributed by atoms with van der Waals surface area (Å²) in [6.07, 6.45) is 4.46. The average molecular weight is 243 g/mol. The van der Waals surface area contributed by atoms with Crippen LogP contribution in [0.3, 0.4) is 0 Å². The van der Waals surface area contributed by atoms with Gasteiger partial charge in [-0.25, -0.2) is 0 Å². The van der Waals surface area contributed by atoms with E-state index >= 15 is 0 Å². The number of carbonyl (C=O) groups excluding carboxylic acids is 2. The molecule has 1 unspecified atom stereocenters. The van der Waals surface area contributed by atoms with E-state index < -0.39 is 0 Å². The van der Waals surface area contributed by atoms with E-state index in [1.807, 2.05) is 20.8 Å². The van der Waals surface area contributed by atoms with Crippen LogP contribution in [0.5, 0.6) is 0 Å². The first-order chi connectivity index (χ1) is 7.85. The van der Waals surface area contributed by atoms with E-state index in [0.717, 1.165) is 13.0 Å². The molecule has 1 aliphatic heterocycles. The van der Waals surface area contributed by atoms with E-state index in [1.54, 1.807) is 6.92 Å². The van der Waals surface area contributed by atoms with Crippen molar-refractivity contribution in [1.82, 2.24) is 5.32 Å². The molecule has 1 rings (SSSR count). The van der Waals surface area contributed by atoms with Gasteiger partial charge in [0.05, 0.1) is 0 Å². The number of rotatable bonds is 3. The highest BCUT2D eigenvalue weighted by Crippen LogP contribution is 2.09. The normalized spacial score (nSPS) is 19.9. The Kier molecular flexibility index (Phi) is 7.79. The Hall–Kier alpha value is -0.900. The van der Waals surface area contributed by atoms with Crippen LogP contribution in [0.1, 0.15) is 53.4 Å². The minimum atomic E-state index is -0.318. The summed E-state index contributed by atoms with van der Waals surface area (Å²) in [4.78, 5) is 20.3. The second kappa shape index (κ2) is 8.23. The van der Waals surface area contributed by atoms with Crippen LogP contribution in [-0.4, -0.2) is 30.4 Å². The molecule has 0 spiro atoms. The van der Waals surface area contributed by atoms with Gasteiger partial charge in [-0.05, 0) is 47.1 Å². The van der Waals surface area contributed by atoms with Crippen molar-refractivity contribution in [2.45, 2.75) is 65.0 Å². The third kappa shape index (κ3) is 11.4. The average Bonchev–Trinajstić information content (AvgIpc) is 2.17. The monoisotopic (exact) mass is 243 g/mol. The highest BCUT2D eigenvalue weighted by molar-refractivity contribution is 5.76. The zero-order valence-corrected chi connectivity index (χ0v) is 11.4. The molecule has 0 aromatic rings. The fourth-order valence-corrected chi connectivity index (χ4v) is 1.59. The quantitative estimate of drug-likeness (QED) is 0.771. The van der Waals surface area contributed by atoms with Crippen LogP contribution in [0, 0.1) is 0 Å². The van der Waals surface area contributed by atoms with Gasteiger partial charge in [-0.2, -0.15) is 0 Å². The summed E-state index contributed by atoms with van der Waals surface area (Å²) in [5.41, 5.74) is -0.318. The lowest BCUT2D eigenvalue weighted by Gasteiger charge is -2.21.